The third kappa shape index (κ3) is 8.77. The summed E-state index contributed by atoms with van der Waals surface area (Å²) in [6.07, 6.45) is -1.07. The molecule has 12 heteroatoms. The largest absolute Gasteiger partial charge is 0.417 e. The molecule has 0 aliphatic heterocycles. The van der Waals surface area contributed by atoms with Crippen molar-refractivity contribution in [2.75, 3.05) is 0 Å². The van der Waals surface area contributed by atoms with Crippen LogP contribution in [0.25, 0.3) is 11.1 Å². The van der Waals surface area contributed by atoms with Crippen molar-refractivity contribution in [3.05, 3.63) is 118 Å². The average molecular weight is 695 g/mol. The predicted octanol–water partition coefficient (Wildman–Crippen LogP) is 12.3. The number of Topliss-reactive ketones (excluding diaryl/α,β-unsaturated/α-hetero) is 2. The van der Waals surface area contributed by atoms with E-state index in [1.165, 1.54) is 12.4 Å². The highest BCUT2D eigenvalue weighted by atomic mass is 19.4. The van der Waals surface area contributed by atoms with Gasteiger partial charge in [-0.15, -0.1) is 0 Å². The predicted molar refractivity (Wildman–Crippen MR) is 180 cm³/mol. The van der Waals surface area contributed by atoms with Crippen LogP contribution >= 0.6 is 0 Å². The highest BCUT2D eigenvalue weighted by molar-refractivity contribution is 6.12. The summed E-state index contributed by atoms with van der Waals surface area (Å²) in [6, 6.07) is 5.36. The van der Waals surface area contributed by atoms with Crippen molar-refractivity contribution in [3.8, 4) is 11.1 Å². The first-order valence-corrected chi connectivity index (χ1v) is 15.5. The fraction of sp³-hybridized carbons (Fsp3) is 0.316. The second-order valence-corrected chi connectivity index (χ2v) is 14.1. The van der Waals surface area contributed by atoms with Crippen LogP contribution in [0.5, 0.6) is 0 Å². The lowest BCUT2D eigenvalue weighted by atomic mass is 9.72. The van der Waals surface area contributed by atoms with Gasteiger partial charge in [0.1, 0.15) is 0 Å². The number of hydrogen-bond donors (Lipinski definition) is 0. The molecule has 2 aliphatic carbocycles. The zero-order chi connectivity index (χ0) is 37.4. The Hall–Kier alpha value is -5.00. The zero-order valence-corrected chi connectivity index (χ0v) is 28.8. The van der Waals surface area contributed by atoms with Gasteiger partial charge in [-0.1, -0.05) is 53.7 Å². The summed E-state index contributed by atoms with van der Waals surface area (Å²) in [6.45, 7) is 14.6. The fourth-order valence-corrected chi connectivity index (χ4v) is 5.35. The molecule has 50 heavy (non-hydrogen) atoms. The number of rotatable bonds is 5. The van der Waals surface area contributed by atoms with E-state index in [4.69, 9.17) is 0 Å². The van der Waals surface area contributed by atoms with Crippen LogP contribution in [0.3, 0.4) is 0 Å². The molecule has 0 bridgehead atoms. The van der Waals surface area contributed by atoms with E-state index in [2.05, 4.69) is 20.5 Å². The Labute approximate surface area is 286 Å². The standard InChI is InChI=1S/C38H36F6N4O2/c1-21-13-23(14-22(2)33(21)49)19-45-47-25-9-11-27(29(17-25)37(39,40)41)28-12-10-26(18-30(28)38(42,43)44)48-46-20-24-15-31(35(3,4)5)34(50)32(16-24)36(6,7)8/h9-20H,1-8H3/b47-45+,48-46+. The molecule has 0 saturated heterocycles. The number of halogens is 6. The lowest BCUT2D eigenvalue weighted by Crippen LogP contribution is -2.27. The number of carbonyl (C=O) groups is 2. The molecule has 2 aliphatic rings. The Balaban J connectivity index is 1.72. The van der Waals surface area contributed by atoms with Crippen LogP contribution in [0.2, 0.25) is 0 Å². The smallest absolute Gasteiger partial charge is 0.289 e. The van der Waals surface area contributed by atoms with E-state index in [1.807, 2.05) is 41.5 Å². The molecule has 0 spiro atoms. The fourth-order valence-electron chi connectivity index (χ4n) is 5.35. The van der Waals surface area contributed by atoms with Gasteiger partial charge in [0.05, 0.1) is 34.9 Å². The van der Waals surface area contributed by atoms with Crippen molar-refractivity contribution in [2.24, 2.45) is 31.3 Å². The summed E-state index contributed by atoms with van der Waals surface area (Å²) in [4.78, 5) is 25.1. The van der Waals surface area contributed by atoms with E-state index in [-0.39, 0.29) is 22.9 Å². The highest BCUT2D eigenvalue weighted by Gasteiger charge is 2.39. The topological polar surface area (TPSA) is 83.6 Å². The molecule has 0 aromatic heterocycles. The van der Waals surface area contributed by atoms with E-state index >= 15 is 0 Å². The number of benzene rings is 2. The molecule has 6 nitrogen and oxygen atoms in total. The minimum atomic E-state index is -5.04. The summed E-state index contributed by atoms with van der Waals surface area (Å²) >= 11 is 0. The lowest BCUT2D eigenvalue weighted by Gasteiger charge is -2.31. The summed E-state index contributed by atoms with van der Waals surface area (Å²) < 4.78 is 85.7. The summed E-state index contributed by atoms with van der Waals surface area (Å²) in [5, 5.41) is 15.5. The molecule has 0 fully saturated rings. The van der Waals surface area contributed by atoms with E-state index in [1.54, 1.807) is 38.2 Å². The number of hydrogen-bond acceptors (Lipinski definition) is 6. The summed E-state index contributed by atoms with van der Waals surface area (Å²) in [7, 11) is 0. The third-order valence-electron chi connectivity index (χ3n) is 7.88. The van der Waals surface area contributed by atoms with Crippen molar-refractivity contribution < 1.29 is 35.9 Å². The lowest BCUT2D eigenvalue weighted by molar-refractivity contribution is -0.139. The maximum Gasteiger partial charge on any atom is 0.417 e. The quantitative estimate of drug-likeness (QED) is 0.230. The Morgan fingerprint density at radius 2 is 0.900 bits per heavy atom. The molecule has 4 rings (SSSR count). The van der Waals surface area contributed by atoms with Crippen LogP contribution in [0.15, 0.2) is 127 Å². The van der Waals surface area contributed by atoms with Gasteiger partial charge in [0.25, 0.3) is 0 Å². The van der Waals surface area contributed by atoms with Crippen LogP contribution < -0.4 is 0 Å². The molecule has 0 saturated carbocycles. The molecular weight excluding hydrogens is 658 g/mol. The number of carbonyl (C=O) groups excluding carboxylic acids is 2. The van der Waals surface area contributed by atoms with Crippen LogP contribution in [-0.4, -0.2) is 11.6 Å². The number of azo groups is 2. The van der Waals surface area contributed by atoms with Crippen molar-refractivity contribution >= 4 is 22.9 Å². The Morgan fingerprint density at radius 3 is 1.24 bits per heavy atom. The van der Waals surface area contributed by atoms with Gasteiger partial charge in [-0.2, -0.15) is 46.8 Å². The maximum atomic E-state index is 14.3. The van der Waals surface area contributed by atoms with Crippen LogP contribution in [0.4, 0.5) is 37.7 Å². The molecule has 2 aromatic carbocycles. The van der Waals surface area contributed by atoms with Gasteiger partial charge in [-0.3, -0.25) is 9.59 Å². The summed E-state index contributed by atoms with van der Waals surface area (Å²) in [5.41, 5.74) is -2.52. The first kappa shape index (κ1) is 37.8. The number of nitrogens with zero attached hydrogens (tertiary/aromatic N) is 4. The number of alkyl halides is 6. The first-order chi connectivity index (χ1) is 23.0. The Morgan fingerprint density at radius 1 is 0.540 bits per heavy atom. The zero-order valence-electron chi connectivity index (χ0n) is 28.8. The summed E-state index contributed by atoms with van der Waals surface area (Å²) in [5.74, 6) is -0.247. The van der Waals surface area contributed by atoms with E-state index in [0.29, 0.717) is 45.6 Å². The SMILES string of the molecule is CC1=CC(=C/N=N/c2ccc(-c3ccc(/N=N/C=C4C=C(C(C)(C)C)C(=O)C(C(C)(C)C)=C4)cc3C(F)(F)F)c(C(F)(F)F)c2)C=C(C)C1=O. The van der Waals surface area contributed by atoms with Crippen molar-refractivity contribution in [2.45, 2.75) is 67.7 Å². The van der Waals surface area contributed by atoms with Gasteiger partial charge in [-0.25, -0.2) is 0 Å². The molecule has 262 valence electrons. The molecule has 0 radical (unpaired) electrons. The molecule has 0 heterocycles. The highest BCUT2D eigenvalue weighted by Crippen LogP contribution is 2.45. The average Bonchev–Trinajstić information content (AvgIpc) is 2.98. The minimum Gasteiger partial charge on any atom is -0.289 e. The van der Waals surface area contributed by atoms with Crippen molar-refractivity contribution in [1.29, 1.82) is 0 Å². The van der Waals surface area contributed by atoms with Crippen molar-refractivity contribution in [1.82, 2.24) is 0 Å². The van der Waals surface area contributed by atoms with Gasteiger partial charge in [-0.05, 0) is 107 Å². The van der Waals surface area contributed by atoms with Gasteiger partial charge in [0.2, 0.25) is 0 Å². The molecule has 0 unspecified atom stereocenters. The first-order valence-electron chi connectivity index (χ1n) is 15.5. The molecular formula is C38H36F6N4O2. The van der Waals surface area contributed by atoms with Gasteiger partial charge in [0, 0.05) is 11.1 Å². The van der Waals surface area contributed by atoms with Gasteiger partial charge >= 0.3 is 12.4 Å². The third-order valence-corrected chi connectivity index (χ3v) is 7.88. The monoisotopic (exact) mass is 694 g/mol. The Bertz CT molecular complexity index is 1930. The van der Waals surface area contributed by atoms with Crippen LogP contribution in [0, 0.1) is 10.8 Å². The number of allylic oxidation sites excluding steroid dienone is 10. The maximum absolute atomic E-state index is 14.3. The minimum absolute atomic E-state index is 0.102. The number of ketones is 2. The second-order valence-electron chi connectivity index (χ2n) is 14.1. The van der Waals surface area contributed by atoms with Crippen molar-refractivity contribution in [3.63, 3.8) is 0 Å². The van der Waals surface area contributed by atoms with E-state index in [9.17, 15) is 35.9 Å². The molecule has 0 N–H and O–H groups in total. The van der Waals surface area contributed by atoms with Gasteiger partial charge in [0.15, 0.2) is 11.6 Å². The van der Waals surface area contributed by atoms with E-state index < -0.39 is 45.4 Å². The van der Waals surface area contributed by atoms with Crippen LogP contribution in [-0.2, 0) is 21.9 Å². The van der Waals surface area contributed by atoms with Crippen LogP contribution in [0.1, 0.15) is 66.5 Å². The molecule has 0 amide bonds. The van der Waals surface area contributed by atoms with Gasteiger partial charge < -0.3 is 0 Å². The second kappa shape index (κ2) is 13.7. The van der Waals surface area contributed by atoms with E-state index in [0.717, 1.165) is 24.3 Å². The normalized spacial score (nSPS) is 16.5. The Kier molecular flexibility index (Phi) is 10.4. The molecule has 0 atom stereocenters. The molecule has 2 aromatic rings.